The molecule has 6 rings (SSSR count). The van der Waals surface area contributed by atoms with Crippen LogP contribution in [0.2, 0.25) is 0 Å². The molecule has 0 amide bonds. The van der Waals surface area contributed by atoms with Gasteiger partial charge in [-0.15, -0.1) is 5.10 Å². The number of anilines is 1. The molecule has 0 bridgehead atoms. The van der Waals surface area contributed by atoms with E-state index in [1.54, 1.807) is 24.4 Å². The van der Waals surface area contributed by atoms with Crippen molar-refractivity contribution >= 4 is 17.1 Å². The molecule has 6 heterocycles. The van der Waals surface area contributed by atoms with E-state index in [2.05, 4.69) is 110 Å². The van der Waals surface area contributed by atoms with Gasteiger partial charge in [-0.1, -0.05) is 67.5 Å². The maximum Gasteiger partial charge on any atom is 0.243 e. The minimum atomic E-state index is -0.0751. The molecule has 6 aromatic heterocycles. The van der Waals surface area contributed by atoms with E-state index in [9.17, 15) is 0 Å². The average molecular weight is 621 g/mol. The van der Waals surface area contributed by atoms with Crippen LogP contribution in [0.3, 0.4) is 0 Å². The number of hydrogen-bond donors (Lipinski definition) is 1. The van der Waals surface area contributed by atoms with Gasteiger partial charge >= 0.3 is 0 Å². The first kappa shape index (κ1) is 33.3. The van der Waals surface area contributed by atoms with Gasteiger partial charge in [0.25, 0.3) is 0 Å². The Morgan fingerprint density at radius 2 is 1.35 bits per heavy atom. The lowest BCUT2D eigenvalue weighted by atomic mass is 9.91. The van der Waals surface area contributed by atoms with Crippen molar-refractivity contribution in [3.63, 3.8) is 0 Å². The Labute approximate surface area is 268 Å². The van der Waals surface area contributed by atoms with Crippen LogP contribution in [0.5, 0.6) is 0 Å². The van der Waals surface area contributed by atoms with Crippen LogP contribution in [-0.4, -0.2) is 44.1 Å². The van der Waals surface area contributed by atoms with Crippen LogP contribution in [-0.2, 0) is 16.2 Å². The fourth-order valence-corrected chi connectivity index (χ4v) is 4.39. The van der Waals surface area contributed by atoms with Crippen LogP contribution in [0.25, 0.3) is 17.1 Å². The number of fused-ring (bicyclic) bond motifs is 2. The number of nitrogens with zero attached hydrogens (tertiary/aromatic N) is 11. The van der Waals surface area contributed by atoms with Crippen LogP contribution >= 0.6 is 0 Å². The largest absolute Gasteiger partial charge is 0.378 e. The molecule has 0 spiro atoms. The van der Waals surface area contributed by atoms with Crippen molar-refractivity contribution in [2.75, 3.05) is 5.73 Å². The summed E-state index contributed by atoms with van der Waals surface area (Å²) >= 11 is 0. The molecule has 6 aromatic rings. The smallest absolute Gasteiger partial charge is 0.243 e. The van der Waals surface area contributed by atoms with Crippen LogP contribution in [0.1, 0.15) is 96.2 Å². The Balaban J connectivity index is 0.000000157. The van der Waals surface area contributed by atoms with Gasteiger partial charge < -0.3 is 14.5 Å². The molecule has 0 aliphatic carbocycles. The zero-order chi connectivity index (χ0) is 34.0. The van der Waals surface area contributed by atoms with E-state index < -0.39 is 0 Å². The quantitative estimate of drug-likeness (QED) is 0.235. The first-order valence-electron chi connectivity index (χ1n) is 14.7. The summed E-state index contributed by atoms with van der Waals surface area (Å²) in [7, 11) is 0. The third-order valence-corrected chi connectivity index (χ3v) is 7.01. The van der Waals surface area contributed by atoms with Gasteiger partial charge in [-0.3, -0.25) is 0 Å². The lowest BCUT2D eigenvalue weighted by molar-refractivity contribution is 0.306. The monoisotopic (exact) mass is 620 g/mol. The SMILES string of the molecule is CC(C)(C)c1cn2cc(C#N)ccc2n1.CC(C)(C)c1cn2ccc(C#N)cc2n1.Cc1c(C(C)(C)C)nnn1-c1nonc1N. The summed E-state index contributed by atoms with van der Waals surface area (Å²) in [6.07, 6.45) is 7.67. The van der Waals surface area contributed by atoms with Gasteiger partial charge in [0, 0.05) is 41.0 Å². The summed E-state index contributed by atoms with van der Waals surface area (Å²) in [5.74, 6) is 0.578. The first-order chi connectivity index (χ1) is 21.4. The molecule has 0 saturated heterocycles. The number of nitrogen functional groups attached to an aromatic ring is 1. The van der Waals surface area contributed by atoms with Crippen LogP contribution < -0.4 is 5.73 Å². The second-order valence-corrected chi connectivity index (χ2v) is 14.0. The molecule has 13 heteroatoms. The summed E-state index contributed by atoms with van der Waals surface area (Å²) in [6, 6.07) is 11.5. The van der Waals surface area contributed by atoms with Gasteiger partial charge in [-0.2, -0.15) is 15.2 Å². The third-order valence-electron chi connectivity index (χ3n) is 7.01. The maximum absolute atomic E-state index is 8.78. The van der Waals surface area contributed by atoms with Crippen LogP contribution in [0.15, 0.2) is 53.7 Å². The number of nitriles is 2. The number of imidazole rings is 2. The van der Waals surface area contributed by atoms with Gasteiger partial charge in [0.05, 0.1) is 40.0 Å². The van der Waals surface area contributed by atoms with Gasteiger partial charge in [0.2, 0.25) is 11.6 Å². The van der Waals surface area contributed by atoms with Crippen molar-refractivity contribution in [2.24, 2.45) is 0 Å². The summed E-state index contributed by atoms with van der Waals surface area (Å²) in [5, 5.41) is 32.9. The number of aromatic nitrogens is 9. The lowest BCUT2D eigenvalue weighted by Crippen LogP contribution is -2.14. The second kappa shape index (κ2) is 12.4. The van der Waals surface area contributed by atoms with Gasteiger partial charge in [-0.25, -0.2) is 14.6 Å². The molecule has 0 aliphatic rings. The van der Waals surface area contributed by atoms with E-state index in [1.165, 1.54) is 4.68 Å². The first-order valence-corrected chi connectivity index (χ1v) is 14.7. The van der Waals surface area contributed by atoms with E-state index >= 15 is 0 Å². The minimum absolute atomic E-state index is 0.0405. The van der Waals surface area contributed by atoms with Gasteiger partial charge in [0.15, 0.2) is 0 Å². The molecule has 0 fully saturated rings. The average Bonchev–Trinajstić information content (AvgIpc) is 3.77. The number of hydrogen-bond acceptors (Lipinski definition) is 10. The lowest BCUT2D eigenvalue weighted by Gasteiger charge is -2.15. The predicted molar refractivity (Wildman–Crippen MR) is 174 cm³/mol. The molecule has 2 N–H and O–H groups in total. The Morgan fingerprint density at radius 3 is 1.87 bits per heavy atom. The Kier molecular flexibility index (Phi) is 9.02. The fourth-order valence-electron chi connectivity index (χ4n) is 4.39. The highest BCUT2D eigenvalue weighted by Gasteiger charge is 2.24. The summed E-state index contributed by atoms with van der Waals surface area (Å²) in [5.41, 5.74) is 12.5. The van der Waals surface area contributed by atoms with Gasteiger partial charge in [0.1, 0.15) is 17.4 Å². The highest BCUT2D eigenvalue weighted by Crippen LogP contribution is 2.25. The van der Waals surface area contributed by atoms with Crippen molar-refractivity contribution in [2.45, 2.75) is 85.5 Å². The minimum Gasteiger partial charge on any atom is -0.378 e. The highest BCUT2D eigenvalue weighted by atomic mass is 16.6. The topological polar surface area (TPSA) is 178 Å². The van der Waals surface area contributed by atoms with Crippen molar-refractivity contribution in [3.05, 3.63) is 83.0 Å². The van der Waals surface area contributed by atoms with Crippen molar-refractivity contribution in [3.8, 4) is 18.0 Å². The number of nitrogens with two attached hydrogens (primary N) is 1. The van der Waals surface area contributed by atoms with E-state index in [0.717, 1.165) is 34.1 Å². The van der Waals surface area contributed by atoms with Gasteiger partial charge in [-0.05, 0) is 41.5 Å². The maximum atomic E-state index is 8.78. The van der Waals surface area contributed by atoms with E-state index in [0.29, 0.717) is 16.9 Å². The van der Waals surface area contributed by atoms with Crippen LogP contribution in [0.4, 0.5) is 5.82 Å². The Hall–Kier alpha value is -5.56. The standard InChI is InChI=1S/2C12H13N3.C9H14N6O/c1-12(2,3)10-8-15-5-4-9(7-13)6-11(15)14-10;1-12(2,3)10-8-15-7-9(6-13)4-5-11(15)14-10;1-5-6(9(2,3)4)11-14-15(5)8-7(10)12-16-13-8/h4-6,8H,1-3H3;4-5,7-8H,1-3H3;1-4H3,(H2,10,12). The molecule has 0 atom stereocenters. The second-order valence-electron chi connectivity index (χ2n) is 14.0. The molecule has 238 valence electrons. The normalized spacial score (nSPS) is 11.7. The molecule has 0 saturated carbocycles. The summed E-state index contributed by atoms with van der Waals surface area (Å²) < 4.78 is 9.92. The molecule has 13 nitrogen and oxygen atoms in total. The third kappa shape index (κ3) is 7.38. The van der Waals surface area contributed by atoms with E-state index in [1.807, 2.05) is 40.4 Å². The molecule has 0 aliphatic heterocycles. The molecule has 0 aromatic carbocycles. The Morgan fingerprint density at radius 1 is 0.739 bits per heavy atom. The molecular formula is C33H40N12O. The summed E-state index contributed by atoms with van der Waals surface area (Å²) in [6.45, 7) is 20.9. The zero-order valence-electron chi connectivity index (χ0n) is 28.0. The number of rotatable bonds is 1. The van der Waals surface area contributed by atoms with Crippen LogP contribution in [0, 0.1) is 29.6 Å². The fraction of sp³-hybridized carbons (Fsp3) is 0.394. The molecule has 0 radical (unpaired) electrons. The molecular weight excluding hydrogens is 580 g/mol. The highest BCUT2D eigenvalue weighted by molar-refractivity contribution is 5.48. The Bertz CT molecular complexity index is 1960. The number of pyridine rings is 2. The zero-order valence-corrected chi connectivity index (χ0v) is 28.0. The summed E-state index contributed by atoms with van der Waals surface area (Å²) in [4.78, 5) is 9.02. The molecule has 46 heavy (non-hydrogen) atoms. The van der Waals surface area contributed by atoms with E-state index in [-0.39, 0.29) is 22.1 Å². The van der Waals surface area contributed by atoms with Crippen molar-refractivity contribution < 1.29 is 4.63 Å². The molecule has 0 unspecified atom stereocenters. The van der Waals surface area contributed by atoms with Crippen molar-refractivity contribution in [1.29, 1.82) is 10.5 Å². The van der Waals surface area contributed by atoms with Crippen molar-refractivity contribution in [1.82, 2.24) is 44.1 Å². The van der Waals surface area contributed by atoms with E-state index in [4.69, 9.17) is 16.3 Å². The predicted octanol–water partition coefficient (Wildman–Crippen LogP) is 5.85.